The largest absolute Gasteiger partial charge is 0.490 e. The fourth-order valence-electron chi connectivity index (χ4n) is 2.36. The second kappa shape index (κ2) is 6.04. The van der Waals surface area contributed by atoms with Crippen LogP contribution in [0.1, 0.15) is 24.9 Å². The van der Waals surface area contributed by atoms with Crippen LogP contribution in [0.15, 0.2) is 42.5 Å². The maximum absolute atomic E-state index is 13.3. The first-order valence-corrected chi connectivity index (χ1v) is 7.14. The summed E-state index contributed by atoms with van der Waals surface area (Å²) < 4.78 is 24.5. The highest BCUT2D eigenvalue weighted by Gasteiger charge is 2.12. The third-order valence-electron chi connectivity index (χ3n) is 3.48. The molecule has 1 aliphatic heterocycles. The standard InChI is InChI=1S/C17H18FNO2/c1-12(13-4-2-5-14(18)10-13)19-15-6-7-16-17(11-15)21-9-3-8-20-16/h2,4-7,10-12,19H,3,8-9H2,1H3. The van der Waals surface area contributed by atoms with Crippen molar-refractivity contribution in [2.75, 3.05) is 18.5 Å². The number of rotatable bonds is 3. The Hall–Kier alpha value is -2.23. The quantitative estimate of drug-likeness (QED) is 0.919. The number of benzene rings is 2. The number of ether oxygens (including phenoxy) is 2. The monoisotopic (exact) mass is 287 g/mol. The molecule has 0 spiro atoms. The smallest absolute Gasteiger partial charge is 0.163 e. The number of anilines is 1. The third-order valence-corrected chi connectivity index (χ3v) is 3.48. The topological polar surface area (TPSA) is 30.5 Å². The van der Waals surface area contributed by atoms with Gasteiger partial charge in [-0.15, -0.1) is 0 Å². The number of fused-ring (bicyclic) bond motifs is 1. The summed E-state index contributed by atoms with van der Waals surface area (Å²) in [6.45, 7) is 3.34. The Bertz CT molecular complexity index is 630. The lowest BCUT2D eigenvalue weighted by atomic mass is 10.1. The van der Waals surface area contributed by atoms with Crippen LogP contribution < -0.4 is 14.8 Å². The van der Waals surface area contributed by atoms with E-state index in [1.165, 1.54) is 6.07 Å². The Morgan fingerprint density at radius 1 is 1.05 bits per heavy atom. The Morgan fingerprint density at radius 2 is 1.86 bits per heavy atom. The highest BCUT2D eigenvalue weighted by atomic mass is 19.1. The van der Waals surface area contributed by atoms with E-state index in [4.69, 9.17) is 9.47 Å². The molecule has 0 saturated heterocycles. The average Bonchev–Trinajstić information content (AvgIpc) is 2.72. The molecule has 1 atom stereocenters. The molecule has 1 heterocycles. The van der Waals surface area contributed by atoms with Gasteiger partial charge in [0.2, 0.25) is 0 Å². The van der Waals surface area contributed by atoms with E-state index in [9.17, 15) is 4.39 Å². The molecular weight excluding hydrogens is 269 g/mol. The molecule has 4 heteroatoms. The van der Waals surface area contributed by atoms with Crippen molar-refractivity contribution in [2.24, 2.45) is 0 Å². The van der Waals surface area contributed by atoms with Gasteiger partial charge in [0.15, 0.2) is 11.5 Å². The summed E-state index contributed by atoms with van der Waals surface area (Å²) in [6, 6.07) is 12.4. The van der Waals surface area contributed by atoms with Crippen molar-refractivity contribution >= 4 is 5.69 Å². The van der Waals surface area contributed by atoms with Crippen molar-refractivity contribution in [3.63, 3.8) is 0 Å². The summed E-state index contributed by atoms with van der Waals surface area (Å²) in [5.74, 6) is 1.31. The minimum atomic E-state index is -0.222. The lowest BCUT2D eigenvalue weighted by molar-refractivity contribution is 0.297. The third kappa shape index (κ3) is 3.27. The van der Waals surface area contributed by atoms with Gasteiger partial charge in [-0.3, -0.25) is 0 Å². The molecule has 2 aromatic rings. The highest BCUT2D eigenvalue weighted by Crippen LogP contribution is 2.33. The first-order valence-electron chi connectivity index (χ1n) is 7.14. The van der Waals surface area contributed by atoms with Gasteiger partial charge >= 0.3 is 0 Å². The number of hydrogen-bond donors (Lipinski definition) is 1. The second-order valence-electron chi connectivity index (χ2n) is 5.13. The van der Waals surface area contributed by atoms with Gasteiger partial charge in [-0.25, -0.2) is 4.39 Å². The van der Waals surface area contributed by atoms with Gasteiger partial charge in [0.1, 0.15) is 5.82 Å². The molecule has 3 rings (SSSR count). The molecule has 110 valence electrons. The van der Waals surface area contributed by atoms with Crippen LogP contribution in [0.4, 0.5) is 10.1 Å². The first kappa shape index (κ1) is 13.7. The molecule has 0 saturated carbocycles. The Balaban J connectivity index is 1.77. The van der Waals surface area contributed by atoms with E-state index in [1.54, 1.807) is 12.1 Å². The molecule has 1 unspecified atom stereocenters. The van der Waals surface area contributed by atoms with Crippen LogP contribution in [-0.2, 0) is 0 Å². The van der Waals surface area contributed by atoms with Crippen molar-refractivity contribution in [1.29, 1.82) is 0 Å². The molecule has 0 bridgehead atoms. The van der Waals surface area contributed by atoms with Crippen LogP contribution in [0.25, 0.3) is 0 Å². The van der Waals surface area contributed by atoms with E-state index in [2.05, 4.69) is 5.32 Å². The predicted molar refractivity (Wildman–Crippen MR) is 80.5 cm³/mol. The van der Waals surface area contributed by atoms with Crippen LogP contribution in [0, 0.1) is 5.82 Å². The number of halogens is 1. The summed E-state index contributed by atoms with van der Waals surface area (Å²) >= 11 is 0. The van der Waals surface area contributed by atoms with Gasteiger partial charge in [0.25, 0.3) is 0 Å². The maximum atomic E-state index is 13.3. The van der Waals surface area contributed by atoms with Crippen LogP contribution in [-0.4, -0.2) is 13.2 Å². The molecular formula is C17H18FNO2. The summed E-state index contributed by atoms with van der Waals surface area (Å²) in [4.78, 5) is 0. The molecule has 1 aliphatic rings. The molecule has 0 amide bonds. The fraction of sp³-hybridized carbons (Fsp3) is 0.294. The van der Waals surface area contributed by atoms with E-state index in [1.807, 2.05) is 31.2 Å². The van der Waals surface area contributed by atoms with E-state index < -0.39 is 0 Å². The van der Waals surface area contributed by atoms with Crippen LogP contribution in [0.5, 0.6) is 11.5 Å². The zero-order valence-electron chi connectivity index (χ0n) is 11.9. The van der Waals surface area contributed by atoms with Gasteiger partial charge in [0, 0.05) is 24.2 Å². The summed E-state index contributed by atoms with van der Waals surface area (Å²) in [5, 5.41) is 3.35. The van der Waals surface area contributed by atoms with Gasteiger partial charge in [-0.05, 0) is 36.8 Å². The molecule has 0 radical (unpaired) electrons. The van der Waals surface area contributed by atoms with Crippen LogP contribution in [0.2, 0.25) is 0 Å². The first-order chi connectivity index (χ1) is 10.2. The van der Waals surface area contributed by atoms with Gasteiger partial charge in [-0.1, -0.05) is 12.1 Å². The summed E-state index contributed by atoms with van der Waals surface area (Å²) in [7, 11) is 0. The van der Waals surface area contributed by atoms with Gasteiger partial charge in [0.05, 0.1) is 13.2 Å². The van der Waals surface area contributed by atoms with Gasteiger partial charge in [-0.2, -0.15) is 0 Å². The predicted octanol–water partition coefficient (Wildman–Crippen LogP) is 4.16. The number of hydrogen-bond acceptors (Lipinski definition) is 3. The van der Waals surface area contributed by atoms with Crippen molar-refractivity contribution in [1.82, 2.24) is 0 Å². The average molecular weight is 287 g/mol. The van der Waals surface area contributed by atoms with Crippen LogP contribution >= 0.6 is 0 Å². The zero-order valence-corrected chi connectivity index (χ0v) is 11.9. The molecule has 2 aromatic carbocycles. The fourth-order valence-corrected chi connectivity index (χ4v) is 2.36. The molecule has 0 aliphatic carbocycles. The van der Waals surface area contributed by atoms with E-state index in [0.29, 0.717) is 13.2 Å². The van der Waals surface area contributed by atoms with Crippen molar-refractivity contribution in [3.8, 4) is 11.5 Å². The van der Waals surface area contributed by atoms with E-state index in [-0.39, 0.29) is 11.9 Å². The Kier molecular flexibility index (Phi) is 3.95. The molecule has 1 N–H and O–H groups in total. The van der Waals surface area contributed by atoms with E-state index >= 15 is 0 Å². The Labute approximate surface area is 123 Å². The minimum Gasteiger partial charge on any atom is -0.490 e. The second-order valence-corrected chi connectivity index (χ2v) is 5.13. The zero-order chi connectivity index (χ0) is 14.7. The lowest BCUT2D eigenvalue weighted by Crippen LogP contribution is -2.07. The Morgan fingerprint density at radius 3 is 2.67 bits per heavy atom. The number of nitrogens with one attached hydrogen (secondary N) is 1. The normalized spacial score (nSPS) is 15.1. The summed E-state index contributed by atoms with van der Waals surface area (Å²) in [5.41, 5.74) is 1.83. The molecule has 3 nitrogen and oxygen atoms in total. The van der Waals surface area contributed by atoms with Crippen molar-refractivity contribution < 1.29 is 13.9 Å². The lowest BCUT2D eigenvalue weighted by Gasteiger charge is -2.17. The molecule has 0 fully saturated rings. The minimum absolute atomic E-state index is 0.00504. The van der Waals surface area contributed by atoms with E-state index in [0.717, 1.165) is 29.2 Å². The van der Waals surface area contributed by atoms with Crippen molar-refractivity contribution in [3.05, 3.63) is 53.8 Å². The molecule has 21 heavy (non-hydrogen) atoms. The van der Waals surface area contributed by atoms with Gasteiger partial charge < -0.3 is 14.8 Å². The molecule has 0 aromatic heterocycles. The maximum Gasteiger partial charge on any atom is 0.163 e. The SMILES string of the molecule is CC(Nc1ccc2c(c1)OCCCO2)c1cccc(F)c1. The highest BCUT2D eigenvalue weighted by molar-refractivity contribution is 5.55. The summed E-state index contributed by atoms with van der Waals surface area (Å²) in [6.07, 6.45) is 0.886. The van der Waals surface area contributed by atoms with Crippen molar-refractivity contribution in [2.45, 2.75) is 19.4 Å². The van der Waals surface area contributed by atoms with Crippen LogP contribution in [0.3, 0.4) is 0 Å².